The van der Waals surface area contributed by atoms with E-state index in [-0.39, 0.29) is 5.48 Å². The lowest BCUT2D eigenvalue weighted by molar-refractivity contribution is 0.824. The molecule has 0 aliphatic carbocycles. The van der Waals surface area contributed by atoms with E-state index in [1.807, 2.05) is 0 Å². The van der Waals surface area contributed by atoms with Crippen molar-refractivity contribution in [3.8, 4) is 0 Å². The molecule has 0 aliphatic rings. The van der Waals surface area contributed by atoms with Crippen molar-refractivity contribution in [2.45, 2.75) is 4.27 Å². The highest BCUT2D eigenvalue weighted by Crippen LogP contribution is 2.03. The molecule has 0 heterocycles. The second-order valence-corrected chi connectivity index (χ2v) is 1.93. The summed E-state index contributed by atoms with van der Waals surface area (Å²) in [5.74, 6) is 0. The van der Waals surface area contributed by atoms with Gasteiger partial charge in [0, 0.05) is 0 Å². The molecular weight excluding hydrogens is 134 g/mol. The van der Waals surface area contributed by atoms with Crippen LogP contribution < -0.4 is 0 Å². The molecule has 5 heavy (non-hydrogen) atoms. The van der Waals surface area contributed by atoms with Gasteiger partial charge in [-0.05, 0) is 0 Å². The van der Waals surface area contributed by atoms with Crippen molar-refractivity contribution in [3.05, 3.63) is 0 Å². The molecule has 1 nitrogen and oxygen atoms in total. The monoisotopic (exact) mass is 137 g/mol. The molecule has 0 bridgehead atoms. The summed E-state index contributed by atoms with van der Waals surface area (Å²) in [6, 6.07) is 0. The minimum Gasteiger partial charge on any atom is -0.412 e. The summed E-state index contributed by atoms with van der Waals surface area (Å²) in [5, 5.41) is 0. The summed E-state index contributed by atoms with van der Waals surface area (Å²) < 4.78 is 4.40. The fourth-order valence-corrected chi connectivity index (χ4v) is 0. The molecule has 0 atom stereocenters. The third kappa shape index (κ3) is 56.2. The topological polar surface area (TPSA) is 31.5 Å². The van der Waals surface area contributed by atoms with Crippen molar-refractivity contribution in [1.29, 1.82) is 0 Å². The zero-order chi connectivity index (χ0) is 4.50. The Balaban J connectivity index is 0. The Morgan fingerprint density at radius 2 is 1.40 bits per heavy atom. The highest BCUT2D eigenvalue weighted by atomic mass is 35.6. The Morgan fingerprint density at radius 1 is 1.40 bits per heavy atom. The van der Waals surface area contributed by atoms with Gasteiger partial charge in [0.15, 0.2) is 4.27 Å². The maximum absolute atomic E-state index is 6.23. The second kappa shape index (κ2) is 4.83. The highest BCUT2D eigenvalue weighted by molar-refractivity contribution is 6.63. The molecule has 2 N–H and O–H groups in total. The van der Waals surface area contributed by atoms with Gasteiger partial charge < -0.3 is 5.48 Å². The molecule has 0 aromatic rings. The number of hydrogen-bond donors (Lipinski definition) is 0. The first-order valence-electron chi connectivity index (χ1n) is 1.07. The molecule has 0 rings (SSSR count). The smallest absolute Gasteiger partial charge is 0.180 e. The van der Waals surface area contributed by atoms with Gasteiger partial charge in [0.1, 0.15) is 0 Å². The molecule has 4 heteroatoms. The average Bonchev–Trinajstić information content (AvgIpc) is 0.722. The largest absolute Gasteiger partial charge is 0.412 e. The lowest BCUT2D eigenvalue weighted by Crippen LogP contribution is -1.55. The Labute approximate surface area is 46.5 Å². The normalized spacial score (nSPS) is 12.2. The van der Waals surface area contributed by atoms with Crippen molar-refractivity contribution in [2.24, 2.45) is 0 Å². The Morgan fingerprint density at radius 3 is 1.40 bits per heavy atom. The quantitative estimate of drug-likeness (QED) is 0.450. The number of alkyl halides is 3. The zero-order valence-electron chi connectivity index (χ0n) is 3.13. The van der Waals surface area contributed by atoms with Gasteiger partial charge in [-0.15, -0.1) is 0 Å². The van der Waals surface area contributed by atoms with Crippen LogP contribution in [0.4, 0.5) is 0 Å². The van der Waals surface area contributed by atoms with Crippen molar-refractivity contribution >= 4 is 34.8 Å². The lowest BCUT2D eigenvalue weighted by Gasteiger charge is -1.69. The predicted molar refractivity (Wildman–Crippen MR) is 25.0 cm³/mol. The molecule has 0 radical (unpaired) electrons. The van der Waals surface area contributed by atoms with Crippen molar-refractivity contribution in [2.75, 3.05) is 0 Å². The van der Waals surface area contributed by atoms with Crippen molar-refractivity contribution in [3.63, 3.8) is 0 Å². The summed E-state index contributed by atoms with van der Waals surface area (Å²) in [6.07, 6.45) is 0. The van der Waals surface area contributed by atoms with E-state index < -0.39 is 4.27 Å². The molecule has 0 spiro atoms. The Bertz CT molecular complexity index is 26.3. The van der Waals surface area contributed by atoms with E-state index >= 15 is 0 Å². The summed E-state index contributed by atoms with van der Waals surface area (Å²) in [5.41, 5.74) is 0. The van der Waals surface area contributed by atoms with Gasteiger partial charge in [0.25, 0.3) is 0 Å². The Kier molecular flexibility index (Phi) is 5.63. The Hall–Kier alpha value is 0.830. The molecule has 0 aromatic carbocycles. The van der Waals surface area contributed by atoms with E-state index in [9.17, 15) is 0 Å². The average molecular weight is 138 g/mol. The first-order chi connectivity index (χ1) is 2.00. The molecule has 0 aliphatic heterocycles. The standard InChI is InChI=1S/CHCl3.H2O/c2-1(3)4;/h1H;1H2/i1D;. The zero-order valence-corrected chi connectivity index (χ0v) is 4.40. The SMILES string of the molecule is O.[2H]C(Cl)(Cl)Cl. The third-order valence-corrected chi connectivity index (χ3v) is 0. The molecule has 0 saturated heterocycles. The predicted octanol–water partition coefficient (Wildman–Crippen LogP) is 1.16. The second-order valence-electron chi connectivity index (χ2n) is 0.214. The minimum absolute atomic E-state index is 0. The maximum Gasteiger partial charge on any atom is 0.180 e. The lowest BCUT2D eigenvalue weighted by atomic mass is 11.9. The van der Waals surface area contributed by atoms with Crippen LogP contribution in [0.2, 0.25) is 0 Å². The minimum atomic E-state index is -1.83. The maximum atomic E-state index is 6.23. The van der Waals surface area contributed by atoms with Crippen LogP contribution in [0, 0.1) is 0 Å². The van der Waals surface area contributed by atoms with Crippen LogP contribution in [-0.2, 0) is 0 Å². The van der Waals surface area contributed by atoms with Gasteiger partial charge in [-0.25, -0.2) is 0 Å². The van der Waals surface area contributed by atoms with Gasteiger partial charge in [-0.2, -0.15) is 0 Å². The summed E-state index contributed by atoms with van der Waals surface area (Å²) >= 11 is 14.2. The van der Waals surface area contributed by atoms with Crippen LogP contribution in [0.15, 0.2) is 0 Å². The first kappa shape index (κ1) is 5.83. The molecule has 0 amide bonds. The molecule has 0 aromatic heterocycles. The van der Waals surface area contributed by atoms with E-state index in [4.69, 9.17) is 36.2 Å². The van der Waals surface area contributed by atoms with Crippen molar-refractivity contribution < 1.29 is 6.85 Å². The molecule has 0 saturated carbocycles. The van der Waals surface area contributed by atoms with E-state index in [1.165, 1.54) is 0 Å². The first-order valence-corrected chi connectivity index (χ1v) is 1.70. The molecular formula is CH3Cl3O. The fraction of sp³-hybridized carbons (Fsp3) is 1.00. The van der Waals surface area contributed by atoms with Crippen LogP contribution in [0.5, 0.6) is 0 Å². The summed E-state index contributed by atoms with van der Waals surface area (Å²) in [4.78, 5) is 0. The van der Waals surface area contributed by atoms with Crippen LogP contribution in [0.3, 0.4) is 0 Å². The van der Waals surface area contributed by atoms with E-state index in [0.717, 1.165) is 0 Å². The van der Waals surface area contributed by atoms with E-state index in [1.54, 1.807) is 0 Å². The van der Waals surface area contributed by atoms with Crippen LogP contribution in [0.25, 0.3) is 0 Å². The van der Waals surface area contributed by atoms with Crippen LogP contribution in [-0.4, -0.2) is 9.75 Å². The van der Waals surface area contributed by atoms with Gasteiger partial charge in [0.05, 0.1) is 1.37 Å². The summed E-state index contributed by atoms with van der Waals surface area (Å²) in [7, 11) is 0. The van der Waals surface area contributed by atoms with E-state index in [0.29, 0.717) is 0 Å². The number of hydrogen-bond acceptors (Lipinski definition) is 0. The highest BCUT2D eigenvalue weighted by Gasteiger charge is 1.78. The fourth-order valence-electron chi connectivity index (χ4n) is 0. The van der Waals surface area contributed by atoms with Gasteiger partial charge in [0.2, 0.25) is 0 Å². The number of halogens is 3. The van der Waals surface area contributed by atoms with Crippen LogP contribution in [0.1, 0.15) is 1.37 Å². The van der Waals surface area contributed by atoms with Crippen molar-refractivity contribution in [1.82, 2.24) is 0 Å². The van der Waals surface area contributed by atoms with E-state index in [2.05, 4.69) is 0 Å². The molecule has 0 fully saturated rings. The number of rotatable bonds is 0. The molecule has 0 unspecified atom stereocenters. The third-order valence-electron chi connectivity index (χ3n) is 0. The van der Waals surface area contributed by atoms with Gasteiger partial charge >= 0.3 is 0 Å². The van der Waals surface area contributed by atoms with Gasteiger partial charge in [-0.3, -0.25) is 0 Å². The molecule has 34 valence electrons. The summed E-state index contributed by atoms with van der Waals surface area (Å²) in [6.45, 7) is 0. The van der Waals surface area contributed by atoms with Gasteiger partial charge in [-0.1, -0.05) is 34.8 Å². The van der Waals surface area contributed by atoms with Crippen LogP contribution >= 0.6 is 34.8 Å².